The summed E-state index contributed by atoms with van der Waals surface area (Å²) < 4.78 is 0. The van der Waals surface area contributed by atoms with Crippen molar-refractivity contribution in [2.24, 2.45) is 0 Å². The minimum Gasteiger partial charge on any atom is -0.0148 e. The summed E-state index contributed by atoms with van der Waals surface area (Å²) in [5.41, 5.74) is 0. The van der Waals surface area contributed by atoms with E-state index in [-0.39, 0.29) is 0 Å². The summed E-state index contributed by atoms with van der Waals surface area (Å²) in [4.78, 5) is 0. The van der Waals surface area contributed by atoms with Crippen molar-refractivity contribution in [1.29, 1.82) is 0 Å². The van der Waals surface area contributed by atoms with E-state index >= 15 is 0 Å². The van der Waals surface area contributed by atoms with Gasteiger partial charge in [0.2, 0.25) is 0 Å². The molecule has 0 aromatic rings. The third kappa shape index (κ3) is 1.62. The average Bonchev–Trinajstić information content (AvgIpc) is 1.84. The Morgan fingerprint density at radius 1 is 1.29 bits per heavy atom. The molecule has 0 aromatic carbocycles. The second-order valence-corrected chi connectivity index (χ2v) is 8.96. The Morgan fingerprint density at radius 3 is 1.86 bits per heavy atom. The predicted octanol–water partition coefficient (Wildman–Crippen LogP) is 2.27. The van der Waals surface area contributed by atoms with Crippen LogP contribution in [0.2, 0.25) is 0 Å². The van der Waals surface area contributed by atoms with Crippen molar-refractivity contribution in [2.75, 3.05) is 19.0 Å². The summed E-state index contributed by atoms with van der Waals surface area (Å²) >= 11 is 4.56. The number of hydrogen-bond acceptors (Lipinski definition) is 1. The Hall–Kier alpha value is 0.780. The maximum absolute atomic E-state index is 4.56. The molecule has 0 saturated carbocycles. The first-order valence-corrected chi connectivity index (χ1v) is 6.54. The standard InChI is InChI=1S/C5H12PS/c1-6(7)4-2-3-5-6/h7H,2-5H2,1H3/q+1. The second kappa shape index (κ2) is 1.95. The van der Waals surface area contributed by atoms with Gasteiger partial charge in [-0.15, -0.1) is 0 Å². The maximum atomic E-state index is 4.56. The highest BCUT2D eigenvalue weighted by molar-refractivity contribution is 8.52. The van der Waals surface area contributed by atoms with Gasteiger partial charge in [0.25, 0.3) is 0 Å². The van der Waals surface area contributed by atoms with Gasteiger partial charge in [-0.2, -0.15) is 0 Å². The van der Waals surface area contributed by atoms with Gasteiger partial charge >= 0.3 is 0 Å². The molecule has 0 atom stereocenters. The van der Waals surface area contributed by atoms with Crippen molar-refractivity contribution >= 4 is 18.7 Å². The van der Waals surface area contributed by atoms with Crippen LogP contribution < -0.4 is 0 Å². The van der Waals surface area contributed by atoms with Crippen LogP contribution in [0, 0.1) is 0 Å². The summed E-state index contributed by atoms with van der Waals surface area (Å²) in [7, 11) is 0. The molecule has 0 amide bonds. The number of hydrogen-bond donors (Lipinski definition) is 1. The molecule has 0 radical (unpaired) electrons. The van der Waals surface area contributed by atoms with E-state index in [0.29, 0.717) is 0 Å². The molecule has 1 aliphatic heterocycles. The monoisotopic (exact) mass is 135 g/mol. The summed E-state index contributed by atoms with van der Waals surface area (Å²) in [6.07, 6.45) is 5.73. The lowest BCUT2D eigenvalue weighted by Gasteiger charge is -2.03. The van der Waals surface area contributed by atoms with Crippen LogP contribution in [-0.4, -0.2) is 19.0 Å². The molecule has 0 aliphatic carbocycles. The molecule has 1 saturated heterocycles. The summed E-state index contributed by atoms with van der Waals surface area (Å²) in [5, 5.41) is 0. The fraction of sp³-hybridized carbons (Fsp3) is 1.00. The molecule has 0 spiro atoms. The largest absolute Gasteiger partial charge is 0.0694 e. The lowest BCUT2D eigenvalue weighted by molar-refractivity contribution is 0.949. The van der Waals surface area contributed by atoms with Crippen molar-refractivity contribution in [3.63, 3.8) is 0 Å². The third-order valence-corrected chi connectivity index (χ3v) is 5.29. The second-order valence-electron chi connectivity index (χ2n) is 2.49. The summed E-state index contributed by atoms with van der Waals surface area (Å²) in [6, 6.07) is 0. The smallest absolute Gasteiger partial charge is 0.0148 e. The Labute approximate surface area is 51.2 Å². The van der Waals surface area contributed by atoms with Crippen molar-refractivity contribution in [2.45, 2.75) is 12.8 Å². The highest BCUT2D eigenvalue weighted by Gasteiger charge is 2.31. The first-order valence-electron chi connectivity index (χ1n) is 2.78. The van der Waals surface area contributed by atoms with Crippen LogP contribution in [0.1, 0.15) is 12.8 Å². The molecule has 0 aromatic heterocycles. The molecule has 0 bridgehead atoms. The van der Waals surface area contributed by atoms with Gasteiger partial charge in [0.15, 0.2) is 0 Å². The van der Waals surface area contributed by atoms with E-state index in [1.165, 1.54) is 25.2 Å². The van der Waals surface area contributed by atoms with E-state index in [2.05, 4.69) is 18.9 Å². The molecular formula is C5H12PS+. The molecule has 42 valence electrons. The first-order chi connectivity index (χ1) is 3.21. The molecule has 1 rings (SSSR count). The molecule has 1 heterocycles. The minimum absolute atomic E-state index is 0.599. The van der Waals surface area contributed by atoms with Gasteiger partial charge in [0, 0.05) is 12.2 Å². The molecule has 0 unspecified atom stereocenters. The zero-order valence-electron chi connectivity index (χ0n) is 4.72. The average molecular weight is 135 g/mol. The van der Waals surface area contributed by atoms with E-state index in [9.17, 15) is 0 Å². The highest BCUT2D eigenvalue weighted by atomic mass is 32.7. The molecular weight excluding hydrogens is 123 g/mol. The van der Waals surface area contributed by atoms with Crippen molar-refractivity contribution in [1.82, 2.24) is 0 Å². The Bertz CT molecular complexity index is 62.5. The summed E-state index contributed by atoms with van der Waals surface area (Å²) in [5.74, 6) is 0. The van der Waals surface area contributed by atoms with Gasteiger partial charge in [0.05, 0.1) is 25.5 Å². The van der Waals surface area contributed by atoms with Gasteiger partial charge in [-0.3, -0.25) is 0 Å². The molecule has 7 heavy (non-hydrogen) atoms. The van der Waals surface area contributed by atoms with Crippen LogP contribution in [0.3, 0.4) is 0 Å². The zero-order chi connectivity index (χ0) is 5.33. The maximum Gasteiger partial charge on any atom is 0.0694 e. The molecule has 1 fully saturated rings. The SMILES string of the molecule is C[P+]1(S)CCCC1. The van der Waals surface area contributed by atoms with Gasteiger partial charge < -0.3 is 0 Å². The zero-order valence-corrected chi connectivity index (χ0v) is 6.51. The van der Waals surface area contributed by atoms with Crippen molar-refractivity contribution < 1.29 is 0 Å². The highest BCUT2D eigenvalue weighted by Crippen LogP contribution is 2.64. The Kier molecular flexibility index (Phi) is 1.65. The summed E-state index contributed by atoms with van der Waals surface area (Å²) in [6.45, 7) is 1.74. The lowest BCUT2D eigenvalue weighted by Crippen LogP contribution is -1.79. The topological polar surface area (TPSA) is 0 Å². The normalized spacial score (nSPS) is 28.3. The van der Waals surface area contributed by atoms with Crippen LogP contribution >= 0.6 is 18.7 Å². The third-order valence-electron chi connectivity index (χ3n) is 1.53. The number of rotatable bonds is 0. The fourth-order valence-electron chi connectivity index (χ4n) is 1.02. The van der Waals surface area contributed by atoms with E-state index in [1.807, 2.05) is 0 Å². The van der Waals surface area contributed by atoms with Crippen LogP contribution in [0.25, 0.3) is 0 Å². The van der Waals surface area contributed by atoms with Gasteiger partial charge in [-0.25, -0.2) is 0 Å². The van der Waals surface area contributed by atoms with Gasteiger partial charge in [-0.05, 0) is 12.8 Å². The van der Waals surface area contributed by atoms with Crippen LogP contribution in [0.15, 0.2) is 0 Å². The molecule has 0 N–H and O–H groups in total. The molecule has 0 nitrogen and oxygen atoms in total. The van der Waals surface area contributed by atoms with Crippen molar-refractivity contribution in [3.8, 4) is 0 Å². The lowest BCUT2D eigenvalue weighted by atomic mass is 10.4. The number of thiol groups is 1. The van der Waals surface area contributed by atoms with Gasteiger partial charge in [-0.1, -0.05) is 0 Å². The van der Waals surface area contributed by atoms with E-state index in [0.717, 1.165) is 0 Å². The van der Waals surface area contributed by atoms with Crippen LogP contribution in [0.4, 0.5) is 0 Å². The molecule has 1 aliphatic rings. The fourth-order valence-corrected chi connectivity index (χ4v) is 3.90. The van der Waals surface area contributed by atoms with Crippen molar-refractivity contribution in [3.05, 3.63) is 0 Å². The molecule has 2 heteroatoms. The van der Waals surface area contributed by atoms with E-state index < -0.39 is 6.46 Å². The Balaban J connectivity index is 2.40. The Morgan fingerprint density at radius 2 is 1.71 bits per heavy atom. The van der Waals surface area contributed by atoms with E-state index in [1.54, 1.807) is 0 Å². The van der Waals surface area contributed by atoms with E-state index in [4.69, 9.17) is 0 Å². The minimum atomic E-state index is -0.599. The first kappa shape index (κ1) is 5.91. The van der Waals surface area contributed by atoms with Crippen LogP contribution in [-0.2, 0) is 0 Å². The van der Waals surface area contributed by atoms with Crippen LogP contribution in [0.5, 0.6) is 0 Å². The van der Waals surface area contributed by atoms with Gasteiger partial charge in [0.1, 0.15) is 0 Å². The quantitative estimate of drug-likeness (QED) is 0.382. The predicted molar refractivity (Wildman–Crippen MR) is 40.8 cm³/mol.